The fourth-order valence-electron chi connectivity index (χ4n) is 2.29. The average Bonchev–Trinajstić information content (AvgIpc) is 3.21. The molecule has 0 bridgehead atoms. The summed E-state index contributed by atoms with van der Waals surface area (Å²) < 4.78 is 1.49. The van der Waals surface area contributed by atoms with E-state index in [2.05, 4.69) is 15.4 Å². The van der Waals surface area contributed by atoms with Crippen LogP contribution in [0.4, 0.5) is 10.8 Å². The first kappa shape index (κ1) is 16.8. The van der Waals surface area contributed by atoms with Gasteiger partial charge in [-0.2, -0.15) is 5.10 Å². The van der Waals surface area contributed by atoms with Gasteiger partial charge in [-0.05, 0) is 31.5 Å². The molecule has 25 heavy (non-hydrogen) atoms. The molecule has 1 amide bonds. The van der Waals surface area contributed by atoms with Gasteiger partial charge in [0.05, 0.1) is 16.3 Å². The fraction of sp³-hybridized carbons (Fsp3) is 0.188. The first-order valence-corrected chi connectivity index (χ1v) is 8.37. The van der Waals surface area contributed by atoms with E-state index in [9.17, 15) is 14.9 Å². The average molecular weight is 357 g/mol. The van der Waals surface area contributed by atoms with Gasteiger partial charge in [-0.15, -0.1) is 11.3 Å². The molecule has 0 fully saturated rings. The van der Waals surface area contributed by atoms with Crippen molar-refractivity contribution in [1.82, 2.24) is 14.8 Å². The number of amides is 1. The van der Waals surface area contributed by atoms with Crippen LogP contribution in [0, 0.1) is 17.0 Å². The van der Waals surface area contributed by atoms with Gasteiger partial charge in [-0.25, -0.2) is 9.67 Å². The van der Waals surface area contributed by atoms with Gasteiger partial charge in [0, 0.05) is 23.2 Å². The number of carbonyl (C=O) groups is 1. The molecule has 0 radical (unpaired) electrons. The van der Waals surface area contributed by atoms with Gasteiger partial charge in [0.25, 0.3) is 11.6 Å². The molecule has 2 heterocycles. The monoisotopic (exact) mass is 357 g/mol. The van der Waals surface area contributed by atoms with Crippen LogP contribution in [0.1, 0.15) is 28.0 Å². The Morgan fingerprint density at radius 2 is 2.04 bits per heavy atom. The minimum atomic E-state index is -0.466. The third-order valence-corrected chi connectivity index (χ3v) is 4.52. The Bertz CT molecular complexity index is 930. The van der Waals surface area contributed by atoms with Crippen molar-refractivity contribution in [3.63, 3.8) is 0 Å². The second-order valence-corrected chi connectivity index (χ2v) is 6.45. The van der Waals surface area contributed by atoms with Crippen LogP contribution < -0.4 is 5.32 Å². The lowest BCUT2D eigenvalue weighted by Crippen LogP contribution is -2.13. The zero-order valence-corrected chi connectivity index (χ0v) is 14.4. The molecule has 0 aliphatic heterocycles. The maximum Gasteiger partial charge on any atom is 0.277 e. The van der Waals surface area contributed by atoms with Gasteiger partial charge >= 0.3 is 0 Å². The predicted molar refractivity (Wildman–Crippen MR) is 94.4 cm³/mol. The quantitative estimate of drug-likeness (QED) is 0.557. The van der Waals surface area contributed by atoms with E-state index in [1.54, 1.807) is 24.4 Å². The van der Waals surface area contributed by atoms with Crippen LogP contribution in [-0.2, 0) is 6.42 Å². The Morgan fingerprint density at radius 1 is 1.32 bits per heavy atom. The minimum absolute atomic E-state index is 0.000240. The second-order valence-electron chi connectivity index (χ2n) is 5.25. The highest BCUT2D eigenvalue weighted by Gasteiger charge is 2.14. The van der Waals surface area contributed by atoms with Crippen molar-refractivity contribution in [2.45, 2.75) is 20.3 Å². The summed E-state index contributed by atoms with van der Waals surface area (Å²) in [6.45, 7) is 3.98. The summed E-state index contributed by atoms with van der Waals surface area (Å²) in [4.78, 5) is 28.0. The predicted octanol–water partition coefficient (Wildman–Crippen LogP) is 3.36. The van der Waals surface area contributed by atoms with Crippen LogP contribution in [0.25, 0.3) is 5.69 Å². The van der Waals surface area contributed by atoms with E-state index in [4.69, 9.17) is 0 Å². The standard InChI is InChI=1S/C16H15N5O3S/c1-3-13-10(2)25-16(17-13)18-15(22)14-8-9-20(19-14)11-4-6-12(7-5-11)21(23)24/h4-9H,3H2,1-2H3,(H,17,18,22). The van der Waals surface area contributed by atoms with Gasteiger partial charge in [0.15, 0.2) is 10.8 Å². The van der Waals surface area contributed by atoms with Gasteiger partial charge in [-0.3, -0.25) is 20.2 Å². The summed E-state index contributed by atoms with van der Waals surface area (Å²) >= 11 is 1.43. The number of thiazole rings is 1. The molecule has 128 valence electrons. The Balaban J connectivity index is 1.75. The van der Waals surface area contributed by atoms with Gasteiger partial charge < -0.3 is 0 Å². The highest BCUT2D eigenvalue weighted by atomic mass is 32.1. The summed E-state index contributed by atoms with van der Waals surface area (Å²) in [6, 6.07) is 7.51. The molecule has 0 spiro atoms. The van der Waals surface area contributed by atoms with Crippen molar-refractivity contribution >= 4 is 28.1 Å². The van der Waals surface area contributed by atoms with E-state index in [1.165, 1.54) is 28.2 Å². The lowest BCUT2D eigenvalue weighted by atomic mass is 10.3. The molecule has 0 atom stereocenters. The molecule has 0 unspecified atom stereocenters. The number of rotatable bonds is 5. The number of non-ortho nitro benzene ring substituents is 1. The molecule has 9 heteroatoms. The van der Waals surface area contributed by atoms with E-state index >= 15 is 0 Å². The van der Waals surface area contributed by atoms with Crippen molar-refractivity contribution in [3.8, 4) is 5.69 Å². The van der Waals surface area contributed by atoms with Crippen LogP contribution >= 0.6 is 11.3 Å². The van der Waals surface area contributed by atoms with Gasteiger partial charge in [0.1, 0.15) is 0 Å². The number of nitrogens with one attached hydrogen (secondary N) is 1. The van der Waals surface area contributed by atoms with E-state index in [0.717, 1.165) is 17.0 Å². The zero-order valence-electron chi connectivity index (χ0n) is 13.6. The smallest absolute Gasteiger partial charge is 0.277 e. The summed E-state index contributed by atoms with van der Waals surface area (Å²) in [6.07, 6.45) is 2.44. The molecule has 8 nitrogen and oxygen atoms in total. The number of aromatic nitrogens is 3. The maximum atomic E-state index is 12.3. The molecule has 3 rings (SSSR count). The third kappa shape index (κ3) is 3.56. The van der Waals surface area contributed by atoms with Crippen molar-refractivity contribution in [1.29, 1.82) is 0 Å². The van der Waals surface area contributed by atoms with Crippen LogP contribution in [0.5, 0.6) is 0 Å². The third-order valence-electron chi connectivity index (χ3n) is 3.59. The molecular formula is C16H15N5O3S. The number of benzene rings is 1. The topological polar surface area (TPSA) is 103 Å². The lowest BCUT2D eigenvalue weighted by molar-refractivity contribution is -0.384. The normalized spacial score (nSPS) is 10.6. The summed E-state index contributed by atoms with van der Waals surface area (Å²) in [5, 5.41) is 18.2. The number of nitro benzene ring substituents is 1. The molecule has 1 aromatic carbocycles. The van der Waals surface area contributed by atoms with E-state index in [0.29, 0.717) is 10.8 Å². The van der Waals surface area contributed by atoms with E-state index < -0.39 is 4.92 Å². The number of nitrogens with zero attached hydrogens (tertiary/aromatic N) is 4. The maximum absolute atomic E-state index is 12.3. The molecule has 1 N–H and O–H groups in total. The van der Waals surface area contributed by atoms with Crippen LogP contribution in [0.3, 0.4) is 0 Å². The highest BCUT2D eigenvalue weighted by Crippen LogP contribution is 2.23. The molecule has 2 aromatic heterocycles. The van der Waals surface area contributed by atoms with Crippen LogP contribution in [-0.4, -0.2) is 25.6 Å². The zero-order chi connectivity index (χ0) is 18.0. The molecule has 0 saturated carbocycles. The second kappa shape index (κ2) is 6.81. The largest absolute Gasteiger partial charge is 0.296 e. The molecular weight excluding hydrogens is 342 g/mol. The van der Waals surface area contributed by atoms with Crippen molar-refractivity contribution in [2.75, 3.05) is 5.32 Å². The van der Waals surface area contributed by atoms with Crippen LogP contribution in [0.2, 0.25) is 0 Å². The summed E-state index contributed by atoms with van der Waals surface area (Å²) in [7, 11) is 0. The highest BCUT2D eigenvalue weighted by molar-refractivity contribution is 7.15. The fourth-order valence-corrected chi connectivity index (χ4v) is 3.18. The van der Waals surface area contributed by atoms with Crippen molar-refractivity contribution in [3.05, 3.63) is 62.9 Å². The first-order valence-electron chi connectivity index (χ1n) is 7.56. The molecule has 0 aliphatic carbocycles. The van der Waals surface area contributed by atoms with Crippen molar-refractivity contribution < 1.29 is 9.72 Å². The Labute approximate surface area is 147 Å². The molecule has 0 saturated heterocycles. The number of carbonyl (C=O) groups excluding carboxylic acids is 1. The SMILES string of the molecule is CCc1nc(NC(=O)c2ccn(-c3ccc([N+](=O)[O-])cc3)n2)sc1C. The molecule has 0 aliphatic rings. The summed E-state index contributed by atoms with van der Waals surface area (Å²) in [5.74, 6) is -0.350. The first-order chi connectivity index (χ1) is 12.0. The molecule has 3 aromatic rings. The number of nitro groups is 1. The number of anilines is 1. The van der Waals surface area contributed by atoms with Gasteiger partial charge in [0.2, 0.25) is 0 Å². The lowest BCUT2D eigenvalue weighted by Gasteiger charge is -2.01. The number of aryl methyl sites for hydroxylation is 2. The van der Waals surface area contributed by atoms with E-state index in [-0.39, 0.29) is 17.3 Å². The number of hydrogen-bond donors (Lipinski definition) is 1. The Hall–Kier alpha value is -3.07. The minimum Gasteiger partial charge on any atom is -0.296 e. The Kier molecular flexibility index (Phi) is 4.57. The van der Waals surface area contributed by atoms with E-state index in [1.807, 2.05) is 13.8 Å². The van der Waals surface area contributed by atoms with Crippen molar-refractivity contribution in [2.24, 2.45) is 0 Å². The van der Waals surface area contributed by atoms with Crippen LogP contribution in [0.15, 0.2) is 36.5 Å². The summed E-state index contributed by atoms with van der Waals surface area (Å²) in [5.41, 5.74) is 1.84. The number of hydrogen-bond acceptors (Lipinski definition) is 6. The Morgan fingerprint density at radius 3 is 2.64 bits per heavy atom. The van der Waals surface area contributed by atoms with Gasteiger partial charge in [-0.1, -0.05) is 6.92 Å².